The maximum atomic E-state index is 11.9. The fourth-order valence-corrected chi connectivity index (χ4v) is 2.39. The van der Waals surface area contributed by atoms with Crippen molar-refractivity contribution < 1.29 is 4.79 Å². The van der Waals surface area contributed by atoms with Gasteiger partial charge in [-0.2, -0.15) is 0 Å². The van der Waals surface area contributed by atoms with Crippen LogP contribution in [0, 0.1) is 11.8 Å². The van der Waals surface area contributed by atoms with E-state index in [2.05, 4.69) is 22.1 Å². The Balaban J connectivity index is 1.61. The minimum atomic E-state index is -0.237. The summed E-state index contributed by atoms with van der Waals surface area (Å²) in [5, 5.41) is 3.07. The van der Waals surface area contributed by atoms with Gasteiger partial charge in [-0.25, -0.2) is 4.98 Å². The van der Waals surface area contributed by atoms with E-state index in [4.69, 9.17) is 11.6 Å². The lowest BCUT2D eigenvalue weighted by Gasteiger charge is -1.97. The van der Waals surface area contributed by atoms with E-state index >= 15 is 0 Å². The van der Waals surface area contributed by atoms with Gasteiger partial charge in [0.25, 0.3) is 0 Å². The van der Waals surface area contributed by atoms with Crippen molar-refractivity contribution in [2.75, 3.05) is 6.54 Å². The summed E-state index contributed by atoms with van der Waals surface area (Å²) < 4.78 is 1.82. The molecule has 5 heteroatoms. The quantitative estimate of drug-likeness (QED) is 0.590. The number of halogens is 1. The van der Waals surface area contributed by atoms with Gasteiger partial charge in [-0.3, -0.25) is 9.20 Å². The Morgan fingerprint density at radius 2 is 2.00 bits per heavy atom. The van der Waals surface area contributed by atoms with Crippen molar-refractivity contribution in [2.45, 2.75) is 0 Å². The van der Waals surface area contributed by atoms with Gasteiger partial charge < -0.3 is 5.32 Å². The third kappa shape index (κ3) is 3.83. The van der Waals surface area contributed by atoms with Crippen LogP contribution >= 0.6 is 11.6 Å². The van der Waals surface area contributed by atoms with Crippen LogP contribution in [0.15, 0.2) is 60.8 Å². The topological polar surface area (TPSA) is 46.4 Å². The molecule has 3 rings (SSSR count). The van der Waals surface area contributed by atoms with Crippen LogP contribution in [0.5, 0.6) is 0 Å². The number of hydrogen-bond donors (Lipinski definition) is 1. The zero-order chi connectivity index (χ0) is 16.8. The Bertz CT molecular complexity index is 949. The second kappa shape index (κ2) is 7.49. The summed E-state index contributed by atoms with van der Waals surface area (Å²) in [6.07, 6.45) is 4.91. The molecule has 0 fully saturated rings. The molecule has 2 heterocycles. The van der Waals surface area contributed by atoms with Gasteiger partial charge in [-0.05, 0) is 30.3 Å². The highest BCUT2D eigenvalue weighted by molar-refractivity contribution is 6.31. The van der Waals surface area contributed by atoms with Crippen molar-refractivity contribution in [3.63, 3.8) is 0 Å². The average Bonchev–Trinajstić information content (AvgIpc) is 2.93. The van der Waals surface area contributed by atoms with E-state index in [0.29, 0.717) is 10.8 Å². The molecule has 0 bridgehead atoms. The van der Waals surface area contributed by atoms with Crippen molar-refractivity contribution in [1.82, 2.24) is 14.7 Å². The smallest absolute Gasteiger partial charge is 0.244 e. The van der Waals surface area contributed by atoms with Gasteiger partial charge in [0.2, 0.25) is 5.91 Å². The average molecular weight is 336 g/mol. The first-order chi connectivity index (χ1) is 11.7. The monoisotopic (exact) mass is 335 g/mol. The number of carbonyl (C=O) groups excluding carboxylic acids is 1. The highest BCUT2D eigenvalue weighted by Crippen LogP contribution is 2.18. The van der Waals surface area contributed by atoms with Gasteiger partial charge in [-0.15, -0.1) is 0 Å². The van der Waals surface area contributed by atoms with Crippen LogP contribution in [0.2, 0.25) is 5.15 Å². The standard InChI is InChI=1S/C19H14ClN3O/c20-19-16(23-14-5-4-10-17(23)22-19)11-12-18(24)21-13-6-9-15-7-2-1-3-8-15/h1-5,7-8,10-12,14H,13H2,(H,21,24)/b12-11-. The summed E-state index contributed by atoms with van der Waals surface area (Å²) in [6, 6.07) is 15.2. The number of aromatic nitrogens is 2. The van der Waals surface area contributed by atoms with Crippen molar-refractivity contribution in [2.24, 2.45) is 0 Å². The second-order valence-electron chi connectivity index (χ2n) is 4.94. The second-order valence-corrected chi connectivity index (χ2v) is 5.29. The Morgan fingerprint density at radius 1 is 1.21 bits per heavy atom. The van der Waals surface area contributed by atoms with E-state index in [-0.39, 0.29) is 12.5 Å². The minimum Gasteiger partial charge on any atom is -0.342 e. The number of fused-ring (bicyclic) bond motifs is 1. The van der Waals surface area contributed by atoms with E-state index in [9.17, 15) is 4.79 Å². The highest BCUT2D eigenvalue weighted by Gasteiger charge is 2.06. The van der Waals surface area contributed by atoms with E-state index < -0.39 is 0 Å². The Labute approximate surface area is 144 Å². The normalized spacial score (nSPS) is 10.5. The first kappa shape index (κ1) is 15.9. The molecule has 0 radical (unpaired) electrons. The van der Waals surface area contributed by atoms with Crippen molar-refractivity contribution >= 4 is 29.2 Å². The largest absolute Gasteiger partial charge is 0.342 e. The predicted molar refractivity (Wildman–Crippen MR) is 95.6 cm³/mol. The third-order valence-corrected chi connectivity index (χ3v) is 3.55. The maximum Gasteiger partial charge on any atom is 0.244 e. The Morgan fingerprint density at radius 3 is 2.83 bits per heavy atom. The fourth-order valence-electron chi connectivity index (χ4n) is 2.15. The van der Waals surface area contributed by atoms with Crippen LogP contribution in [0.3, 0.4) is 0 Å². The molecule has 0 saturated heterocycles. The third-order valence-electron chi connectivity index (χ3n) is 3.27. The summed E-state index contributed by atoms with van der Waals surface area (Å²) in [6.45, 7) is 0.277. The van der Waals surface area contributed by atoms with Crippen LogP contribution in [0.1, 0.15) is 11.3 Å². The van der Waals surface area contributed by atoms with Crippen LogP contribution < -0.4 is 5.32 Å². The molecule has 1 aromatic carbocycles. The van der Waals surface area contributed by atoms with Crippen LogP contribution in [-0.4, -0.2) is 21.8 Å². The molecule has 0 aliphatic carbocycles. The Kier molecular flexibility index (Phi) is 4.95. The summed E-state index contributed by atoms with van der Waals surface area (Å²) in [7, 11) is 0. The maximum absolute atomic E-state index is 11.9. The lowest BCUT2D eigenvalue weighted by atomic mass is 10.2. The first-order valence-corrected chi connectivity index (χ1v) is 7.74. The van der Waals surface area contributed by atoms with Crippen molar-refractivity contribution in [3.8, 4) is 11.8 Å². The molecule has 0 atom stereocenters. The van der Waals surface area contributed by atoms with Crippen LogP contribution in [0.4, 0.5) is 0 Å². The Hall–Kier alpha value is -3.03. The lowest BCUT2D eigenvalue weighted by Crippen LogP contribution is -2.20. The van der Waals surface area contributed by atoms with E-state index in [1.54, 1.807) is 6.08 Å². The molecular formula is C19H14ClN3O. The number of nitrogens with one attached hydrogen (secondary N) is 1. The van der Waals surface area contributed by atoms with Crippen LogP contribution in [-0.2, 0) is 4.79 Å². The van der Waals surface area contributed by atoms with Gasteiger partial charge in [0.15, 0.2) is 5.15 Å². The fraction of sp³-hybridized carbons (Fsp3) is 0.0526. The number of nitrogens with zero attached hydrogens (tertiary/aromatic N) is 2. The molecule has 4 nitrogen and oxygen atoms in total. The minimum absolute atomic E-state index is 0.237. The molecular weight excluding hydrogens is 322 g/mol. The SMILES string of the molecule is O=C(/C=C\c1c(Cl)nc2ccccn12)NCC#Cc1ccccc1. The number of amides is 1. The first-order valence-electron chi connectivity index (χ1n) is 7.36. The summed E-state index contributed by atoms with van der Waals surface area (Å²) in [5.74, 6) is 5.65. The number of rotatable bonds is 3. The van der Waals surface area contributed by atoms with Gasteiger partial charge in [0, 0.05) is 17.8 Å². The number of pyridine rings is 1. The van der Waals surface area contributed by atoms with Gasteiger partial charge >= 0.3 is 0 Å². The number of imidazole rings is 1. The summed E-state index contributed by atoms with van der Waals surface area (Å²) >= 11 is 6.11. The predicted octanol–water partition coefficient (Wildman–Crippen LogP) is 3.17. The van der Waals surface area contributed by atoms with E-state index in [1.807, 2.05) is 59.1 Å². The number of benzene rings is 1. The van der Waals surface area contributed by atoms with Crippen molar-refractivity contribution in [3.05, 3.63) is 77.2 Å². The number of carbonyl (C=O) groups is 1. The molecule has 0 unspecified atom stereocenters. The molecule has 3 aromatic rings. The molecule has 0 aliphatic rings. The molecule has 118 valence electrons. The molecule has 2 aromatic heterocycles. The number of hydrogen-bond acceptors (Lipinski definition) is 2. The van der Waals surface area contributed by atoms with Crippen molar-refractivity contribution in [1.29, 1.82) is 0 Å². The summed E-state index contributed by atoms with van der Waals surface area (Å²) in [5.41, 5.74) is 2.31. The van der Waals surface area contributed by atoms with Gasteiger partial charge in [0.1, 0.15) is 5.65 Å². The highest BCUT2D eigenvalue weighted by atomic mass is 35.5. The summed E-state index contributed by atoms with van der Waals surface area (Å²) in [4.78, 5) is 16.1. The van der Waals surface area contributed by atoms with Gasteiger partial charge in [-0.1, -0.05) is 47.7 Å². The lowest BCUT2D eigenvalue weighted by molar-refractivity contribution is -0.116. The zero-order valence-corrected chi connectivity index (χ0v) is 13.5. The van der Waals surface area contributed by atoms with Gasteiger partial charge in [0.05, 0.1) is 12.2 Å². The van der Waals surface area contributed by atoms with E-state index in [0.717, 1.165) is 11.2 Å². The molecule has 0 aliphatic heterocycles. The molecule has 0 saturated carbocycles. The zero-order valence-electron chi connectivity index (χ0n) is 12.7. The molecule has 1 N–H and O–H groups in total. The molecule has 0 spiro atoms. The molecule has 24 heavy (non-hydrogen) atoms. The van der Waals surface area contributed by atoms with Crippen LogP contribution in [0.25, 0.3) is 11.7 Å². The van der Waals surface area contributed by atoms with E-state index in [1.165, 1.54) is 6.08 Å². The molecule has 1 amide bonds.